The fourth-order valence-corrected chi connectivity index (χ4v) is 1.97. The van der Waals surface area contributed by atoms with Crippen LogP contribution in [0.15, 0.2) is 12.7 Å². The summed E-state index contributed by atoms with van der Waals surface area (Å²) in [7, 11) is 0. The molecule has 214 valence electrons. The molecule has 0 saturated carbocycles. The van der Waals surface area contributed by atoms with Gasteiger partial charge in [0.05, 0.1) is 0 Å². The van der Waals surface area contributed by atoms with Crippen molar-refractivity contribution in [3.63, 3.8) is 0 Å². The summed E-state index contributed by atoms with van der Waals surface area (Å²) in [4.78, 5) is 42.7. The van der Waals surface area contributed by atoms with E-state index in [4.69, 9.17) is 0 Å². The molecule has 0 heterocycles. The summed E-state index contributed by atoms with van der Waals surface area (Å²) in [6, 6.07) is 0. The maximum Gasteiger partial charge on any atom is 0.243 e. The Bertz CT molecular complexity index is 672. The Morgan fingerprint density at radius 1 is 0.667 bits per heavy atom. The fourth-order valence-electron chi connectivity index (χ4n) is 1.97. The highest BCUT2D eigenvalue weighted by molar-refractivity contribution is 5.87. The van der Waals surface area contributed by atoms with Gasteiger partial charge in [-0.05, 0) is 89.2 Å². The molecular weight excluding hydrogens is 456 g/mol. The number of amides is 4. The molecule has 0 bridgehead atoms. The Hall–Kier alpha value is -2.38. The van der Waals surface area contributed by atoms with E-state index in [1.165, 1.54) is 13.0 Å². The number of rotatable bonds is 3. The second-order valence-electron chi connectivity index (χ2n) is 12.9. The Morgan fingerprint density at radius 3 is 1.08 bits per heavy atom. The number of hydrogen-bond acceptors (Lipinski definition) is 4. The van der Waals surface area contributed by atoms with Crippen LogP contribution in [0.4, 0.5) is 0 Å². The molecule has 8 heteroatoms. The van der Waals surface area contributed by atoms with E-state index in [1.807, 2.05) is 104 Å². The van der Waals surface area contributed by atoms with Crippen molar-refractivity contribution >= 4 is 23.6 Å². The van der Waals surface area contributed by atoms with Crippen LogP contribution in [0.1, 0.15) is 117 Å². The summed E-state index contributed by atoms with van der Waals surface area (Å²) in [6.07, 6.45) is 1.84. The van der Waals surface area contributed by atoms with Crippen molar-refractivity contribution in [2.75, 3.05) is 0 Å². The van der Waals surface area contributed by atoms with Crippen LogP contribution >= 0.6 is 0 Å². The first kappa shape index (κ1) is 40.8. The number of carbonyl (C=O) groups excluding carboxylic acids is 4. The number of hydrogen-bond donors (Lipinski definition) is 4. The van der Waals surface area contributed by atoms with E-state index in [9.17, 15) is 19.2 Å². The summed E-state index contributed by atoms with van der Waals surface area (Å²) in [5.41, 5.74) is -0.397. The van der Waals surface area contributed by atoms with Gasteiger partial charge in [-0.15, -0.1) is 0 Å². The molecule has 0 aromatic carbocycles. The molecule has 0 aromatic rings. The van der Waals surface area contributed by atoms with Crippen LogP contribution < -0.4 is 21.3 Å². The average Bonchev–Trinajstić information content (AvgIpc) is 2.56. The molecule has 0 aliphatic carbocycles. The Morgan fingerprint density at radius 2 is 1.00 bits per heavy atom. The van der Waals surface area contributed by atoms with Crippen molar-refractivity contribution in [2.24, 2.45) is 5.92 Å². The van der Waals surface area contributed by atoms with E-state index < -0.39 is 0 Å². The zero-order valence-corrected chi connectivity index (χ0v) is 26.2. The molecule has 8 nitrogen and oxygen atoms in total. The Balaban J connectivity index is -0.000000190. The van der Waals surface area contributed by atoms with Gasteiger partial charge in [-0.25, -0.2) is 0 Å². The predicted molar refractivity (Wildman–Crippen MR) is 153 cm³/mol. The third kappa shape index (κ3) is 45.2. The van der Waals surface area contributed by atoms with Gasteiger partial charge >= 0.3 is 0 Å². The molecule has 0 unspecified atom stereocenters. The van der Waals surface area contributed by atoms with Crippen LogP contribution in [-0.2, 0) is 19.2 Å². The van der Waals surface area contributed by atoms with Crippen molar-refractivity contribution in [1.29, 1.82) is 0 Å². The summed E-state index contributed by atoms with van der Waals surface area (Å²) < 4.78 is 0. The van der Waals surface area contributed by atoms with Gasteiger partial charge < -0.3 is 21.3 Å². The highest BCUT2D eigenvalue weighted by atomic mass is 16.2. The van der Waals surface area contributed by atoms with E-state index in [0.29, 0.717) is 6.42 Å². The van der Waals surface area contributed by atoms with Gasteiger partial charge in [0.15, 0.2) is 0 Å². The van der Waals surface area contributed by atoms with E-state index in [2.05, 4.69) is 27.8 Å². The van der Waals surface area contributed by atoms with Crippen LogP contribution in [0.25, 0.3) is 0 Å². The maximum atomic E-state index is 11.0. The molecule has 0 rings (SSSR count). The molecule has 0 radical (unpaired) electrons. The Labute approximate surface area is 222 Å². The minimum absolute atomic E-state index is 0.0255. The third-order valence-electron chi connectivity index (χ3n) is 3.09. The van der Waals surface area contributed by atoms with Crippen molar-refractivity contribution in [1.82, 2.24) is 21.3 Å². The van der Waals surface area contributed by atoms with E-state index in [0.717, 1.165) is 0 Å². The second-order valence-corrected chi connectivity index (χ2v) is 12.9. The van der Waals surface area contributed by atoms with Gasteiger partial charge in [-0.1, -0.05) is 27.4 Å². The van der Waals surface area contributed by atoms with E-state index in [-0.39, 0.29) is 51.7 Å². The zero-order valence-electron chi connectivity index (χ0n) is 26.2. The van der Waals surface area contributed by atoms with Gasteiger partial charge in [0, 0.05) is 41.4 Å². The average molecular weight is 515 g/mol. The maximum absolute atomic E-state index is 11.0. The smallest absolute Gasteiger partial charge is 0.243 e. The molecule has 4 amide bonds. The van der Waals surface area contributed by atoms with Crippen LogP contribution in [-0.4, -0.2) is 45.8 Å². The Kier molecular flexibility index (Phi) is 20.3. The first-order valence-corrected chi connectivity index (χ1v) is 12.5. The van der Waals surface area contributed by atoms with Gasteiger partial charge in [0.1, 0.15) is 0 Å². The zero-order chi connectivity index (χ0) is 30.1. The van der Waals surface area contributed by atoms with Crippen molar-refractivity contribution in [3.05, 3.63) is 12.7 Å². The first-order chi connectivity index (χ1) is 15.7. The molecule has 0 atom stereocenters. The largest absolute Gasteiger partial charge is 0.352 e. The quantitative estimate of drug-likeness (QED) is 0.402. The summed E-state index contributed by atoms with van der Waals surface area (Å²) in [5.74, 6) is 0.217. The van der Waals surface area contributed by atoms with Crippen LogP contribution in [0, 0.1) is 5.92 Å². The van der Waals surface area contributed by atoms with Crippen molar-refractivity contribution < 1.29 is 19.2 Å². The second kappa shape index (κ2) is 18.0. The van der Waals surface area contributed by atoms with Crippen LogP contribution in [0.5, 0.6) is 0 Å². The normalized spacial score (nSPS) is 11.1. The lowest BCUT2D eigenvalue weighted by Crippen LogP contribution is -2.42. The summed E-state index contributed by atoms with van der Waals surface area (Å²) in [5, 5.41) is 11.2. The molecule has 0 saturated heterocycles. The molecule has 0 spiro atoms. The predicted octanol–water partition coefficient (Wildman–Crippen LogP) is 4.88. The molecule has 0 aromatic heterocycles. The SMILES string of the molecule is C=CC(=O)NC(C)(C)C.CC(=O)NC(C)(C)C.CC(C)C(=O)NC(C)(C)C.CCC(=O)NC(C)(C)C. The van der Waals surface area contributed by atoms with Gasteiger partial charge in [-0.3, -0.25) is 19.2 Å². The van der Waals surface area contributed by atoms with Crippen molar-refractivity contribution in [2.45, 2.75) is 139 Å². The van der Waals surface area contributed by atoms with Crippen LogP contribution in [0.3, 0.4) is 0 Å². The lowest BCUT2D eigenvalue weighted by molar-refractivity contribution is -0.125. The highest BCUT2D eigenvalue weighted by Gasteiger charge is 2.15. The number of carbonyl (C=O) groups is 4. The first-order valence-electron chi connectivity index (χ1n) is 12.5. The highest BCUT2D eigenvalue weighted by Crippen LogP contribution is 2.01. The summed E-state index contributed by atoms with van der Waals surface area (Å²) >= 11 is 0. The minimum Gasteiger partial charge on any atom is -0.352 e. The lowest BCUT2D eigenvalue weighted by atomic mass is 10.1. The van der Waals surface area contributed by atoms with Gasteiger partial charge in [0.2, 0.25) is 23.6 Å². The van der Waals surface area contributed by atoms with Crippen molar-refractivity contribution in [3.8, 4) is 0 Å². The van der Waals surface area contributed by atoms with Gasteiger partial charge in [0.25, 0.3) is 0 Å². The molecule has 0 fully saturated rings. The van der Waals surface area contributed by atoms with E-state index in [1.54, 1.807) is 0 Å². The molecule has 36 heavy (non-hydrogen) atoms. The standard InChI is InChI=1S/C8H17NO.C7H15NO.C7H13NO.C6H13NO/c1-6(2)7(10)9-8(3,4)5;2*1-5-6(9)8-7(2,3)4;1-5(8)7-6(2,3)4/h6H,1-5H3,(H,9,10);5H2,1-4H3,(H,8,9);5H,1H2,2-4H3,(H,8,9);1-4H3,(H,7,8). The third-order valence-corrected chi connectivity index (χ3v) is 3.09. The lowest BCUT2D eigenvalue weighted by Gasteiger charge is -2.21. The fraction of sp³-hybridized carbons (Fsp3) is 0.786. The van der Waals surface area contributed by atoms with Crippen LogP contribution in [0.2, 0.25) is 0 Å². The summed E-state index contributed by atoms with van der Waals surface area (Å²) in [6.45, 7) is 34.0. The molecular formula is C28H58N4O4. The van der Waals surface area contributed by atoms with E-state index >= 15 is 0 Å². The molecule has 0 aliphatic heterocycles. The molecule has 4 N–H and O–H groups in total. The number of nitrogens with one attached hydrogen (secondary N) is 4. The minimum atomic E-state index is -0.148. The van der Waals surface area contributed by atoms with Gasteiger partial charge in [-0.2, -0.15) is 0 Å². The molecule has 0 aliphatic rings. The monoisotopic (exact) mass is 514 g/mol. The topological polar surface area (TPSA) is 116 Å².